The summed E-state index contributed by atoms with van der Waals surface area (Å²) in [6.45, 7) is 9.36. The van der Waals surface area contributed by atoms with Crippen LogP contribution in [0.1, 0.15) is 73.4 Å². The van der Waals surface area contributed by atoms with E-state index >= 15 is 26.3 Å². The molecule has 0 bridgehead atoms. The average molecular weight is 929 g/mol. The Labute approximate surface area is 363 Å². The van der Waals surface area contributed by atoms with Gasteiger partial charge >= 0.3 is 30.4 Å². The molecule has 344 valence electrons. The van der Waals surface area contributed by atoms with Gasteiger partial charge in [-0.25, -0.2) is 0 Å². The number of nitrogens with one attached hydrogen (secondary N) is 2. The summed E-state index contributed by atoms with van der Waals surface area (Å²) in [5, 5.41) is 4.76. The van der Waals surface area contributed by atoms with Crippen molar-refractivity contribution in [2.45, 2.75) is 59.3 Å². The molecule has 0 radical (unpaired) electrons. The van der Waals surface area contributed by atoms with Gasteiger partial charge in [-0.3, -0.25) is 9.59 Å². The largest absolute Gasteiger partial charge is 0.749 e. The highest BCUT2D eigenvalue weighted by Crippen LogP contribution is 2.58. The molecule has 4 rings (SSSR count). The van der Waals surface area contributed by atoms with Crippen LogP contribution in [0.25, 0.3) is 0 Å². The number of halogens is 6. The summed E-state index contributed by atoms with van der Waals surface area (Å²) < 4.78 is 142. The number of hydrogen-bond donors (Lipinski definition) is 4. The maximum atomic E-state index is 15.9. The molecule has 6 N–H and O–H groups in total. The first-order valence-corrected chi connectivity index (χ1v) is 23.0. The Morgan fingerprint density at radius 3 is 1.10 bits per heavy atom. The Hall–Kier alpha value is -5.21. The van der Waals surface area contributed by atoms with Crippen LogP contribution in [0.4, 0.5) is 49.1 Å². The number of carbonyl (C=O) groups excluding carboxylic acids is 2. The third-order valence-electron chi connectivity index (χ3n) is 8.87. The van der Waals surface area contributed by atoms with E-state index in [2.05, 4.69) is 10.6 Å². The summed E-state index contributed by atoms with van der Waals surface area (Å²) in [5.41, 5.74) is 2.82. The number of alkyl halides is 6. The normalized spacial score (nSPS) is 12.5. The van der Waals surface area contributed by atoms with Gasteiger partial charge in [-0.2, -0.15) is 26.3 Å². The lowest BCUT2D eigenvalue weighted by Gasteiger charge is -2.39. The van der Waals surface area contributed by atoms with Gasteiger partial charge in [0.05, 0.1) is 11.4 Å². The van der Waals surface area contributed by atoms with Crippen molar-refractivity contribution in [1.29, 1.82) is 0 Å². The van der Waals surface area contributed by atoms with Gasteiger partial charge in [0.1, 0.15) is 11.5 Å². The van der Waals surface area contributed by atoms with Crippen LogP contribution in [-0.2, 0) is 32.0 Å². The van der Waals surface area contributed by atoms with Gasteiger partial charge in [0.15, 0.2) is 0 Å². The number of nitrogens with two attached hydrogens (primary N) is 2. The van der Waals surface area contributed by atoms with E-state index in [1.54, 1.807) is 41.5 Å². The molecule has 22 heteroatoms. The van der Waals surface area contributed by atoms with E-state index in [4.69, 9.17) is 46.9 Å². The monoisotopic (exact) mass is 928 g/mol. The predicted molar refractivity (Wildman–Crippen MR) is 226 cm³/mol. The Balaban J connectivity index is 2.07. The minimum Gasteiger partial charge on any atom is -0.478 e. The lowest BCUT2D eigenvalue weighted by molar-refractivity contribution is -0.288. The molecular weight excluding hydrogens is 879 g/mol. The van der Waals surface area contributed by atoms with E-state index in [1.165, 1.54) is 48.5 Å². The minimum atomic E-state index is -6.17. The van der Waals surface area contributed by atoms with E-state index in [9.17, 15) is 9.59 Å². The standard InChI is InChI=1S/C41H50F6N4O10Si2/c1-7-54-62(55-8-2,56-9-3)60-35-21-19-29(25-33(35)50-37(52)27-15-13-17-31(48)23-27)39(40(42,43)44,41(45,46)47)30-20-22-36(61-63(57-10-4,58-11-5)59-12-6)34(26-30)51-38(53)28-16-14-18-32(49)24-28/h13-26H,7-12,48-49H2,1-6H3,(H,50,52)(H,51,53). The summed E-state index contributed by atoms with van der Waals surface area (Å²) in [6.07, 6.45) is -12.3. The predicted octanol–water partition coefficient (Wildman–Crippen LogP) is 8.61. The van der Waals surface area contributed by atoms with Crippen LogP contribution >= 0.6 is 0 Å². The van der Waals surface area contributed by atoms with E-state index < -0.39 is 81.7 Å². The molecule has 0 aliphatic heterocycles. The third-order valence-corrected chi connectivity index (χ3v) is 13.7. The smallest absolute Gasteiger partial charge is 0.478 e. The molecule has 0 saturated heterocycles. The number of carbonyl (C=O) groups is 2. The van der Waals surface area contributed by atoms with Crippen LogP contribution in [-0.4, -0.2) is 81.9 Å². The van der Waals surface area contributed by atoms with Gasteiger partial charge in [0.2, 0.25) is 5.41 Å². The molecule has 0 saturated carbocycles. The third kappa shape index (κ3) is 11.7. The van der Waals surface area contributed by atoms with Crippen molar-refractivity contribution >= 4 is 52.7 Å². The molecule has 0 aliphatic rings. The molecular formula is C41H50F6N4O10Si2. The first-order valence-electron chi connectivity index (χ1n) is 19.8. The van der Waals surface area contributed by atoms with Crippen LogP contribution in [0.3, 0.4) is 0 Å². The molecule has 2 amide bonds. The minimum absolute atomic E-state index is 0.0277. The molecule has 0 unspecified atom stereocenters. The second-order valence-electron chi connectivity index (χ2n) is 13.1. The van der Waals surface area contributed by atoms with Gasteiger partial charge in [0.25, 0.3) is 11.8 Å². The highest BCUT2D eigenvalue weighted by molar-refractivity contribution is 6.55. The molecule has 14 nitrogen and oxygen atoms in total. The zero-order chi connectivity index (χ0) is 46.6. The molecule has 0 fully saturated rings. The fourth-order valence-electron chi connectivity index (χ4n) is 6.39. The zero-order valence-electron chi connectivity index (χ0n) is 35.3. The summed E-state index contributed by atoms with van der Waals surface area (Å²) in [6, 6.07) is 14.6. The first-order chi connectivity index (χ1) is 29.8. The topological polar surface area (TPSA) is 184 Å². The van der Waals surface area contributed by atoms with Crippen molar-refractivity contribution in [3.05, 3.63) is 107 Å². The molecule has 0 atom stereocenters. The average Bonchev–Trinajstić information content (AvgIpc) is 3.19. The molecule has 4 aromatic carbocycles. The summed E-state index contributed by atoms with van der Waals surface area (Å²) in [7, 11) is -8.42. The maximum Gasteiger partial charge on any atom is 0.749 e. The quantitative estimate of drug-likeness (QED) is 0.0335. The van der Waals surface area contributed by atoms with Crippen molar-refractivity contribution in [2.75, 3.05) is 61.7 Å². The highest BCUT2D eigenvalue weighted by Gasteiger charge is 2.73. The SMILES string of the molecule is CCO[Si](OCC)(OCC)Oc1ccc(C(c2ccc(O[Si](OCC)(OCC)OCC)c(NC(=O)c3cccc(N)c3)c2)(C(F)(F)F)C(F)(F)F)cc1NC(=O)c1cccc(N)c1. The highest BCUT2D eigenvalue weighted by atomic mass is 28.4. The number of amides is 2. The van der Waals surface area contributed by atoms with E-state index in [0.717, 1.165) is 12.1 Å². The lowest BCUT2D eigenvalue weighted by Crippen LogP contribution is -2.55. The van der Waals surface area contributed by atoms with E-state index in [0.29, 0.717) is 24.3 Å². The van der Waals surface area contributed by atoms with E-state index in [-0.39, 0.29) is 62.1 Å². The van der Waals surface area contributed by atoms with Crippen molar-refractivity contribution in [3.8, 4) is 11.5 Å². The summed E-state index contributed by atoms with van der Waals surface area (Å²) in [4.78, 5) is 27.2. The number of nitrogen functional groups attached to an aromatic ring is 2. The van der Waals surface area contributed by atoms with E-state index in [1.807, 2.05) is 0 Å². The van der Waals surface area contributed by atoms with Crippen molar-refractivity contribution < 1.29 is 71.3 Å². The van der Waals surface area contributed by atoms with Gasteiger partial charge in [0, 0.05) is 62.1 Å². The van der Waals surface area contributed by atoms with Crippen molar-refractivity contribution in [3.63, 3.8) is 0 Å². The van der Waals surface area contributed by atoms with Gasteiger partial charge in [-0.15, -0.1) is 0 Å². The zero-order valence-corrected chi connectivity index (χ0v) is 37.3. The Bertz CT molecular complexity index is 2000. The molecule has 0 aromatic heterocycles. The number of rotatable bonds is 22. The number of anilines is 4. The van der Waals surface area contributed by atoms with Gasteiger partial charge < -0.3 is 57.5 Å². The van der Waals surface area contributed by atoms with Crippen LogP contribution in [0.2, 0.25) is 0 Å². The Morgan fingerprint density at radius 1 is 0.508 bits per heavy atom. The lowest BCUT2D eigenvalue weighted by atomic mass is 9.72. The first kappa shape index (κ1) is 50.4. The number of hydrogen-bond acceptors (Lipinski definition) is 12. The van der Waals surface area contributed by atoms with Crippen LogP contribution in [0, 0.1) is 0 Å². The Morgan fingerprint density at radius 2 is 0.825 bits per heavy atom. The van der Waals surface area contributed by atoms with Gasteiger partial charge in [-0.05, 0) is 113 Å². The second kappa shape index (κ2) is 21.4. The fourth-order valence-corrected chi connectivity index (χ4v) is 10.3. The van der Waals surface area contributed by atoms with Crippen molar-refractivity contribution in [2.24, 2.45) is 0 Å². The Kier molecular flexibility index (Phi) is 17.2. The molecule has 0 spiro atoms. The van der Waals surface area contributed by atoms with Crippen LogP contribution < -0.4 is 31.0 Å². The number of benzene rings is 4. The molecule has 0 aliphatic carbocycles. The summed E-state index contributed by atoms with van der Waals surface area (Å²) in [5.74, 6) is -2.83. The maximum absolute atomic E-state index is 15.9. The summed E-state index contributed by atoms with van der Waals surface area (Å²) >= 11 is 0. The molecule has 63 heavy (non-hydrogen) atoms. The molecule has 0 heterocycles. The second-order valence-corrected chi connectivity index (χ2v) is 17.3. The van der Waals surface area contributed by atoms with Crippen molar-refractivity contribution in [1.82, 2.24) is 0 Å². The van der Waals surface area contributed by atoms with Gasteiger partial charge in [-0.1, -0.05) is 24.3 Å². The van der Waals surface area contributed by atoms with Crippen LogP contribution in [0.5, 0.6) is 11.5 Å². The fraction of sp³-hybridized carbons (Fsp3) is 0.366. The molecule has 4 aromatic rings. The van der Waals surface area contributed by atoms with Crippen LogP contribution in [0.15, 0.2) is 84.9 Å².